The van der Waals surface area contributed by atoms with Gasteiger partial charge in [-0.15, -0.1) is 0 Å². The minimum absolute atomic E-state index is 0.147. The third-order valence-electron chi connectivity index (χ3n) is 6.18. The number of hydrogen-bond donors (Lipinski definition) is 2. The highest BCUT2D eigenvalue weighted by Gasteiger charge is 2.25. The topological polar surface area (TPSA) is 87.2 Å². The zero-order valence-electron chi connectivity index (χ0n) is 19.0. The number of nitrogens with one attached hydrogen (secondary N) is 2. The Morgan fingerprint density at radius 3 is 2.79 bits per heavy atom. The van der Waals surface area contributed by atoms with E-state index >= 15 is 0 Å². The third kappa shape index (κ3) is 5.26. The number of fused-ring (bicyclic) bond motifs is 1. The van der Waals surface area contributed by atoms with Gasteiger partial charge in [-0.05, 0) is 69.4 Å². The van der Waals surface area contributed by atoms with Gasteiger partial charge in [0.15, 0.2) is 5.82 Å². The van der Waals surface area contributed by atoms with Crippen molar-refractivity contribution < 1.29 is 9.59 Å². The molecule has 33 heavy (non-hydrogen) atoms. The summed E-state index contributed by atoms with van der Waals surface area (Å²) in [4.78, 5) is 35.9. The van der Waals surface area contributed by atoms with Crippen molar-refractivity contribution >= 4 is 28.3 Å². The van der Waals surface area contributed by atoms with Crippen molar-refractivity contribution in [3.8, 4) is 11.4 Å². The highest BCUT2D eigenvalue weighted by molar-refractivity contribution is 6.06. The predicted octanol–water partition coefficient (Wildman–Crippen LogP) is 4.02. The lowest BCUT2D eigenvalue weighted by atomic mass is 9.90. The summed E-state index contributed by atoms with van der Waals surface area (Å²) in [6.45, 7) is 3.51. The molecule has 7 nitrogen and oxygen atoms in total. The summed E-state index contributed by atoms with van der Waals surface area (Å²) in [5, 5.41) is 7.82. The van der Waals surface area contributed by atoms with Crippen LogP contribution < -0.4 is 10.6 Å². The van der Waals surface area contributed by atoms with E-state index < -0.39 is 0 Å². The van der Waals surface area contributed by atoms with Crippen LogP contribution >= 0.6 is 0 Å². The molecule has 7 heteroatoms. The summed E-state index contributed by atoms with van der Waals surface area (Å²) >= 11 is 0. The Labute approximate surface area is 193 Å². The van der Waals surface area contributed by atoms with E-state index in [2.05, 4.69) is 46.2 Å². The Morgan fingerprint density at radius 2 is 2.00 bits per heavy atom. The largest absolute Gasteiger partial charge is 0.348 e. The Morgan fingerprint density at radius 1 is 1.15 bits per heavy atom. The average molecular weight is 444 g/mol. The van der Waals surface area contributed by atoms with Crippen LogP contribution in [0.5, 0.6) is 0 Å². The smallest absolute Gasteiger partial charge is 0.270 e. The molecule has 0 spiro atoms. The maximum Gasteiger partial charge on any atom is 0.270 e. The molecule has 0 unspecified atom stereocenters. The van der Waals surface area contributed by atoms with Gasteiger partial charge in [0.25, 0.3) is 5.91 Å². The van der Waals surface area contributed by atoms with Crippen molar-refractivity contribution in [3.63, 3.8) is 0 Å². The highest BCUT2D eigenvalue weighted by Crippen LogP contribution is 2.28. The van der Waals surface area contributed by atoms with Crippen LogP contribution in [0.25, 0.3) is 22.2 Å². The van der Waals surface area contributed by atoms with Crippen LogP contribution in [0.15, 0.2) is 61.3 Å². The number of benzene rings is 2. The van der Waals surface area contributed by atoms with Crippen LogP contribution in [-0.2, 0) is 4.79 Å². The molecule has 0 saturated heterocycles. The van der Waals surface area contributed by atoms with Crippen molar-refractivity contribution in [1.29, 1.82) is 0 Å². The second-order valence-electron chi connectivity index (χ2n) is 8.65. The van der Waals surface area contributed by atoms with Crippen molar-refractivity contribution in [3.05, 3.63) is 67.0 Å². The lowest BCUT2D eigenvalue weighted by molar-refractivity contribution is -0.111. The molecule has 4 rings (SSSR count). The fraction of sp³-hybridized carbons (Fsp3) is 0.308. The molecule has 0 bridgehead atoms. The summed E-state index contributed by atoms with van der Waals surface area (Å²) in [6, 6.07) is 13.8. The quantitative estimate of drug-likeness (QED) is 0.562. The summed E-state index contributed by atoms with van der Waals surface area (Å²) in [6.07, 6.45) is 7.04. The van der Waals surface area contributed by atoms with Crippen molar-refractivity contribution in [1.82, 2.24) is 20.2 Å². The number of aromatic nitrogens is 2. The van der Waals surface area contributed by atoms with Gasteiger partial charge >= 0.3 is 0 Å². The van der Waals surface area contributed by atoms with Crippen LogP contribution in [0.1, 0.15) is 36.2 Å². The van der Waals surface area contributed by atoms with Gasteiger partial charge in [0.05, 0.1) is 0 Å². The molecule has 2 aromatic carbocycles. The van der Waals surface area contributed by atoms with E-state index in [0.29, 0.717) is 23.2 Å². The van der Waals surface area contributed by atoms with E-state index in [1.807, 2.05) is 36.4 Å². The van der Waals surface area contributed by atoms with Gasteiger partial charge < -0.3 is 15.5 Å². The second-order valence-corrected chi connectivity index (χ2v) is 8.65. The zero-order valence-corrected chi connectivity index (χ0v) is 19.0. The van der Waals surface area contributed by atoms with Crippen LogP contribution in [0, 0.1) is 0 Å². The monoisotopic (exact) mass is 443 g/mol. The van der Waals surface area contributed by atoms with E-state index in [0.717, 1.165) is 42.0 Å². The molecule has 2 amide bonds. The first-order valence-electron chi connectivity index (χ1n) is 11.2. The molecule has 2 atom stereocenters. The molecule has 1 heterocycles. The number of carbonyl (C=O) groups is 2. The van der Waals surface area contributed by atoms with Gasteiger partial charge in [-0.3, -0.25) is 9.59 Å². The first kappa shape index (κ1) is 22.6. The first-order chi connectivity index (χ1) is 15.9. The molecular formula is C26H29N5O2. The second kappa shape index (κ2) is 9.92. The fourth-order valence-electron chi connectivity index (χ4n) is 4.35. The van der Waals surface area contributed by atoms with E-state index in [-0.39, 0.29) is 17.9 Å². The van der Waals surface area contributed by atoms with Gasteiger partial charge in [0.2, 0.25) is 5.91 Å². The maximum atomic E-state index is 12.9. The Balaban J connectivity index is 1.57. The van der Waals surface area contributed by atoms with E-state index in [4.69, 9.17) is 0 Å². The van der Waals surface area contributed by atoms with Crippen LogP contribution in [0.3, 0.4) is 0 Å². The molecule has 170 valence electrons. The SMILES string of the molecule is C=CC(=O)Nc1cccc2ccc(-c3nccc(C(=O)N[C@@H]4CCC[C@@H](N(C)C)C4)n3)cc12. The molecule has 0 radical (unpaired) electrons. The standard InChI is InChI=1S/C26H29N5O2/c1-4-24(32)29-22-10-5-7-17-11-12-18(15-21(17)22)25-27-14-13-23(30-25)26(33)28-19-8-6-9-20(16-19)31(2)3/h4-5,7,10-15,19-20H,1,6,8-9,16H2,2-3H3,(H,28,33)(H,29,32)/t19-,20-/m1/s1. The minimum Gasteiger partial charge on any atom is -0.348 e. The predicted molar refractivity (Wildman–Crippen MR) is 131 cm³/mol. The van der Waals surface area contributed by atoms with Gasteiger partial charge in [0, 0.05) is 34.9 Å². The summed E-state index contributed by atoms with van der Waals surface area (Å²) < 4.78 is 0. The number of anilines is 1. The average Bonchev–Trinajstić information content (AvgIpc) is 2.84. The van der Waals surface area contributed by atoms with E-state index in [9.17, 15) is 9.59 Å². The number of carbonyl (C=O) groups excluding carboxylic acids is 2. The lowest BCUT2D eigenvalue weighted by Gasteiger charge is -2.33. The molecule has 0 aliphatic heterocycles. The fourth-order valence-corrected chi connectivity index (χ4v) is 4.35. The van der Waals surface area contributed by atoms with Gasteiger partial charge in [0.1, 0.15) is 5.69 Å². The van der Waals surface area contributed by atoms with Crippen LogP contribution in [0.2, 0.25) is 0 Å². The van der Waals surface area contributed by atoms with Crippen molar-refractivity contribution in [2.24, 2.45) is 0 Å². The minimum atomic E-state index is -0.276. The lowest BCUT2D eigenvalue weighted by Crippen LogP contribution is -2.43. The highest BCUT2D eigenvalue weighted by atomic mass is 16.2. The number of hydrogen-bond acceptors (Lipinski definition) is 5. The molecule has 2 N–H and O–H groups in total. The number of nitrogens with zero attached hydrogens (tertiary/aromatic N) is 3. The summed E-state index contributed by atoms with van der Waals surface area (Å²) in [5.41, 5.74) is 1.80. The first-order valence-corrected chi connectivity index (χ1v) is 11.2. The Hall–Kier alpha value is -3.58. The Kier molecular flexibility index (Phi) is 6.79. The molecule has 1 fully saturated rings. The molecule has 1 aliphatic rings. The normalized spacial score (nSPS) is 18.2. The van der Waals surface area contributed by atoms with E-state index in [1.165, 1.54) is 6.08 Å². The molecule has 3 aromatic rings. The molecule has 1 aliphatic carbocycles. The zero-order chi connectivity index (χ0) is 23.4. The van der Waals surface area contributed by atoms with Gasteiger partial charge in [-0.2, -0.15) is 0 Å². The van der Waals surface area contributed by atoms with Crippen molar-refractivity contribution in [2.75, 3.05) is 19.4 Å². The third-order valence-corrected chi connectivity index (χ3v) is 6.18. The summed E-state index contributed by atoms with van der Waals surface area (Å²) in [7, 11) is 4.17. The van der Waals surface area contributed by atoms with Crippen LogP contribution in [0.4, 0.5) is 5.69 Å². The Bertz CT molecular complexity index is 1190. The molecule has 1 saturated carbocycles. The van der Waals surface area contributed by atoms with E-state index in [1.54, 1.807) is 12.3 Å². The van der Waals surface area contributed by atoms with Gasteiger partial charge in [-0.1, -0.05) is 30.8 Å². The summed E-state index contributed by atoms with van der Waals surface area (Å²) in [5.74, 6) is 0.00836. The molecule has 1 aromatic heterocycles. The van der Waals surface area contributed by atoms with Crippen LogP contribution in [-0.4, -0.2) is 52.9 Å². The maximum absolute atomic E-state index is 12.9. The number of amides is 2. The van der Waals surface area contributed by atoms with Gasteiger partial charge in [-0.25, -0.2) is 9.97 Å². The number of rotatable bonds is 6. The van der Waals surface area contributed by atoms with Crippen molar-refractivity contribution in [2.45, 2.75) is 37.8 Å². The molecular weight excluding hydrogens is 414 g/mol.